The SMILES string of the molecule is Cc1cccc(C)c1-c1cc2nc(n1)NS(=O)(=O)c1cccc(c1)C(=O)NC1(CCN(C(=O)C3CSCCN3)CC1)O2. The van der Waals surface area contributed by atoms with Crippen molar-refractivity contribution in [3.05, 3.63) is 65.2 Å². The number of aromatic nitrogens is 2. The Hall–Kier alpha value is -3.68. The second kappa shape index (κ2) is 11.2. The molecule has 1 aromatic heterocycles. The van der Waals surface area contributed by atoms with Crippen molar-refractivity contribution < 1.29 is 22.7 Å². The number of ether oxygens (including phenoxy) is 1. The van der Waals surface area contributed by atoms with Crippen molar-refractivity contribution in [2.75, 3.05) is 35.9 Å². The van der Waals surface area contributed by atoms with Crippen LogP contribution in [-0.2, 0) is 14.8 Å². The highest BCUT2D eigenvalue weighted by atomic mass is 32.2. The zero-order valence-electron chi connectivity index (χ0n) is 23.3. The second-order valence-corrected chi connectivity index (χ2v) is 13.6. The molecular weight excluding hydrogens is 576 g/mol. The number of hydrogen-bond acceptors (Lipinski definition) is 9. The number of amides is 2. The van der Waals surface area contributed by atoms with Crippen LogP contribution in [-0.4, -0.2) is 78.0 Å². The van der Waals surface area contributed by atoms with Gasteiger partial charge in [0.1, 0.15) is 0 Å². The molecule has 6 rings (SSSR count). The van der Waals surface area contributed by atoms with Gasteiger partial charge in [-0.15, -0.1) is 0 Å². The van der Waals surface area contributed by atoms with Crippen LogP contribution in [0.4, 0.5) is 5.95 Å². The van der Waals surface area contributed by atoms with E-state index in [1.165, 1.54) is 18.2 Å². The summed E-state index contributed by atoms with van der Waals surface area (Å²) in [6, 6.07) is 13.1. The Morgan fingerprint density at radius 1 is 1.07 bits per heavy atom. The van der Waals surface area contributed by atoms with Crippen molar-refractivity contribution in [3.8, 4) is 17.1 Å². The van der Waals surface area contributed by atoms with E-state index in [-0.39, 0.29) is 34.2 Å². The number of rotatable bonds is 2. The van der Waals surface area contributed by atoms with Crippen LogP contribution in [0.25, 0.3) is 11.3 Å². The lowest BCUT2D eigenvalue weighted by atomic mass is 9.98. The lowest BCUT2D eigenvalue weighted by Gasteiger charge is -2.43. The van der Waals surface area contributed by atoms with Crippen molar-refractivity contribution in [2.45, 2.75) is 43.4 Å². The molecule has 1 atom stereocenters. The summed E-state index contributed by atoms with van der Waals surface area (Å²) in [7, 11) is -4.11. The van der Waals surface area contributed by atoms with Gasteiger partial charge in [-0.2, -0.15) is 16.7 Å². The number of hydrogen-bond donors (Lipinski definition) is 3. The zero-order chi connectivity index (χ0) is 29.5. The average molecular weight is 609 g/mol. The summed E-state index contributed by atoms with van der Waals surface area (Å²) in [5.41, 5.74) is 2.19. The molecule has 3 aliphatic heterocycles. The summed E-state index contributed by atoms with van der Waals surface area (Å²) < 4.78 is 35.6. The van der Waals surface area contributed by atoms with Gasteiger partial charge in [-0.3, -0.25) is 9.59 Å². The number of sulfonamides is 1. The maximum atomic E-state index is 13.5. The van der Waals surface area contributed by atoms with E-state index in [9.17, 15) is 18.0 Å². The van der Waals surface area contributed by atoms with E-state index in [2.05, 4.69) is 25.3 Å². The molecule has 13 heteroatoms. The van der Waals surface area contributed by atoms with Gasteiger partial charge in [0.25, 0.3) is 15.9 Å². The monoisotopic (exact) mass is 608 g/mol. The minimum Gasteiger partial charge on any atom is -0.451 e. The molecule has 42 heavy (non-hydrogen) atoms. The Morgan fingerprint density at radius 3 is 2.52 bits per heavy atom. The lowest BCUT2D eigenvalue weighted by molar-refractivity contribution is -0.137. The first-order valence-corrected chi connectivity index (χ1v) is 16.5. The highest BCUT2D eigenvalue weighted by molar-refractivity contribution is 7.99. The van der Waals surface area contributed by atoms with Gasteiger partial charge in [0.05, 0.1) is 16.6 Å². The number of anilines is 1. The molecule has 0 saturated carbocycles. The molecule has 4 heterocycles. The van der Waals surface area contributed by atoms with Crippen molar-refractivity contribution in [1.29, 1.82) is 0 Å². The van der Waals surface area contributed by atoms with E-state index in [1.807, 2.05) is 36.9 Å². The van der Waals surface area contributed by atoms with E-state index < -0.39 is 21.7 Å². The quantitative estimate of drug-likeness (QED) is 0.400. The van der Waals surface area contributed by atoms with E-state index in [1.54, 1.807) is 23.9 Å². The van der Waals surface area contributed by atoms with Crippen molar-refractivity contribution in [1.82, 2.24) is 25.5 Å². The van der Waals surface area contributed by atoms with Crippen LogP contribution < -0.4 is 20.1 Å². The first kappa shape index (κ1) is 28.4. The molecule has 1 unspecified atom stereocenters. The molecule has 4 bridgehead atoms. The van der Waals surface area contributed by atoms with E-state index in [0.29, 0.717) is 31.6 Å². The number of aryl methyl sites for hydroxylation is 2. The Morgan fingerprint density at radius 2 is 1.81 bits per heavy atom. The van der Waals surface area contributed by atoms with E-state index in [0.717, 1.165) is 34.7 Å². The first-order valence-electron chi connectivity index (χ1n) is 13.8. The van der Waals surface area contributed by atoms with Crippen LogP contribution in [0.3, 0.4) is 0 Å². The average Bonchev–Trinajstić information content (AvgIpc) is 2.97. The van der Waals surface area contributed by atoms with E-state index in [4.69, 9.17) is 4.74 Å². The summed E-state index contributed by atoms with van der Waals surface area (Å²) in [5.74, 6) is 1.23. The molecule has 3 aromatic rings. The van der Waals surface area contributed by atoms with Gasteiger partial charge < -0.3 is 20.3 Å². The summed E-state index contributed by atoms with van der Waals surface area (Å²) in [6.07, 6.45) is 0.627. The van der Waals surface area contributed by atoms with E-state index >= 15 is 0 Å². The number of fused-ring (bicyclic) bond motifs is 4. The first-order chi connectivity index (χ1) is 20.1. The normalized spacial score (nSPS) is 21.2. The minimum atomic E-state index is -4.11. The van der Waals surface area contributed by atoms with Crippen LogP contribution in [0.5, 0.6) is 5.88 Å². The number of benzene rings is 2. The topological polar surface area (TPSA) is 143 Å². The number of piperidine rings is 1. The van der Waals surface area contributed by atoms with Gasteiger partial charge in [0.15, 0.2) is 5.72 Å². The van der Waals surface area contributed by atoms with Gasteiger partial charge in [0, 0.05) is 61.2 Å². The molecule has 11 nitrogen and oxygen atoms in total. The number of likely N-dealkylation sites (tertiary alicyclic amines) is 1. The fourth-order valence-corrected chi connectivity index (χ4v) is 7.53. The number of thioether (sulfide) groups is 1. The standard InChI is InChI=1S/C29H32N6O5S2/c1-18-5-3-6-19(2)25(18)22-16-24-32-28(31-22)34-42(38,39)21-8-4-7-20(15-21)26(36)33-29(40-24)9-12-35(13-10-29)27(37)23-17-41-14-11-30-23/h3-8,15-16,23,30H,9-14,17H2,1-2H3,(H,33,36)(H,31,32,34). The van der Waals surface area contributed by atoms with Crippen molar-refractivity contribution >= 4 is 39.5 Å². The van der Waals surface area contributed by atoms with Gasteiger partial charge in [0.2, 0.25) is 17.7 Å². The predicted octanol–water partition coefficient (Wildman–Crippen LogP) is 2.71. The molecule has 1 spiro atoms. The Bertz CT molecular complexity index is 1630. The molecule has 2 aromatic carbocycles. The molecule has 0 radical (unpaired) electrons. The maximum absolute atomic E-state index is 13.5. The summed E-state index contributed by atoms with van der Waals surface area (Å²) in [5, 5.41) is 6.32. The molecule has 3 aliphatic rings. The molecule has 3 N–H and O–H groups in total. The largest absolute Gasteiger partial charge is 0.451 e. The molecular formula is C29H32N6O5S2. The van der Waals surface area contributed by atoms with Crippen molar-refractivity contribution in [2.24, 2.45) is 0 Å². The van der Waals surface area contributed by atoms with Crippen LogP contribution in [0.1, 0.15) is 34.3 Å². The summed E-state index contributed by atoms with van der Waals surface area (Å²) >= 11 is 1.76. The second-order valence-electron chi connectivity index (χ2n) is 10.8. The number of carbonyl (C=O) groups is 2. The summed E-state index contributed by atoms with van der Waals surface area (Å²) in [6.45, 7) is 5.44. The Kier molecular flexibility index (Phi) is 7.58. The van der Waals surface area contributed by atoms with Crippen LogP contribution in [0.2, 0.25) is 0 Å². The van der Waals surface area contributed by atoms with Crippen LogP contribution in [0.15, 0.2) is 53.4 Å². The minimum absolute atomic E-state index is 0.0419. The van der Waals surface area contributed by atoms with Crippen molar-refractivity contribution in [3.63, 3.8) is 0 Å². The highest BCUT2D eigenvalue weighted by Gasteiger charge is 2.42. The molecule has 2 fully saturated rings. The Balaban J connectivity index is 1.40. The third-order valence-corrected chi connectivity index (χ3v) is 10.2. The van der Waals surface area contributed by atoms with Gasteiger partial charge in [-0.1, -0.05) is 24.3 Å². The molecule has 2 amide bonds. The maximum Gasteiger partial charge on any atom is 0.264 e. The van der Waals surface area contributed by atoms with Gasteiger partial charge >= 0.3 is 0 Å². The molecule has 220 valence electrons. The Labute approximate surface area is 248 Å². The van der Waals surface area contributed by atoms with Gasteiger partial charge in [-0.25, -0.2) is 18.1 Å². The third kappa shape index (κ3) is 5.68. The van der Waals surface area contributed by atoms with Gasteiger partial charge in [-0.05, 0) is 43.2 Å². The summed E-state index contributed by atoms with van der Waals surface area (Å²) in [4.78, 5) is 37.4. The molecule has 2 saturated heterocycles. The zero-order valence-corrected chi connectivity index (χ0v) is 25.0. The fraction of sp³-hybridized carbons (Fsp3) is 0.379. The fourth-order valence-electron chi connectivity index (χ4n) is 5.62. The smallest absolute Gasteiger partial charge is 0.264 e. The van der Waals surface area contributed by atoms with Crippen LogP contribution >= 0.6 is 11.8 Å². The van der Waals surface area contributed by atoms with Crippen LogP contribution in [0, 0.1) is 13.8 Å². The third-order valence-electron chi connectivity index (χ3n) is 7.82. The number of carbonyl (C=O) groups excluding carboxylic acids is 2. The lowest BCUT2D eigenvalue weighted by Crippen LogP contribution is -2.61. The number of nitrogens with one attached hydrogen (secondary N) is 3. The predicted molar refractivity (Wildman–Crippen MR) is 160 cm³/mol. The molecule has 0 aliphatic carbocycles. The highest BCUT2D eigenvalue weighted by Crippen LogP contribution is 2.33. The number of nitrogens with zero attached hydrogens (tertiary/aromatic N) is 3.